The van der Waals surface area contributed by atoms with Crippen LogP contribution in [-0.4, -0.2) is 51.5 Å². The Morgan fingerprint density at radius 2 is 0.886 bits per heavy atom. The lowest BCUT2D eigenvalue weighted by molar-refractivity contribution is -0.0340. The fourth-order valence-electron chi connectivity index (χ4n) is 5.82. The average molecular weight is 514 g/mol. The Labute approximate surface area is 215 Å². The van der Waals surface area contributed by atoms with Crippen LogP contribution in [0.3, 0.4) is 0 Å². The highest BCUT2D eigenvalue weighted by atomic mass is 32.2. The fourth-order valence-corrected chi connectivity index (χ4v) is 9.96. The number of rotatable bonds is 5. The van der Waals surface area contributed by atoms with Gasteiger partial charge in [0.2, 0.25) is 0 Å². The highest BCUT2D eigenvalue weighted by molar-refractivity contribution is 7.98. The van der Waals surface area contributed by atoms with Gasteiger partial charge in [0.25, 0.3) is 0 Å². The predicted octanol–water partition coefficient (Wildman–Crippen LogP) is 7.46. The minimum Gasteiger partial charge on any atom is -0.431 e. The Balaban J connectivity index is 1.53. The Morgan fingerprint density at radius 1 is 0.543 bits per heavy atom. The molecule has 0 unspecified atom stereocenters. The van der Waals surface area contributed by atoms with Crippen LogP contribution in [0.25, 0.3) is 0 Å². The van der Waals surface area contributed by atoms with Crippen molar-refractivity contribution in [2.45, 2.75) is 164 Å². The summed E-state index contributed by atoms with van der Waals surface area (Å²) in [6, 6.07) is 0. The van der Waals surface area contributed by atoms with Crippen molar-refractivity contribution in [1.29, 1.82) is 0 Å². The molecule has 6 nitrogen and oxygen atoms in total. The van der Waals surface area contributed by atoms with E-state index in [9.17, 15) is 9.59 Å². The standard InChI is InChI=1S/C28H49O6S/c1-27(2,3)33-25(29)31-20-12-16-23(17-13-20)35(22-10-8-7-9-11-22)24-18-14-21(15-19-24)32-26(30)34-28(4,5)6/h20-24H,7-19H2,1-6H3/q+1. The predicted molar refractivity (Wildman–Crippen MR) is 141 cm³/mol. The summed E-state index contributed by atoms with van der Waals surface area (Å²) >= 11 is 0. The number of carbonyl (C=O) groups is 2. The van der Waals surface area contributed by atoms with Gasteiger partial charge in [-0.1, -0.05) is 6.42 Å². The summed E-state index contributed by atoms with van der Waals surface area (Å²) in [6.07, 6.45) is 14.1. The van der Waals surface area contributed by atoms with Crippen molar-refractivity contribution in [3.8, 4) is 0 Å². The normalized spacial score (nSPS) is 29.7. The summed E-state index contributed by atoms with van der Waals surface area (Å²) in [7, 11) is 0.386. The van der Waals surface area contributed by atoms with E-state index in [1.54, 1.807) is 0 Å². The van der Waals surface area contributed by atoms with E-state index >= 15 is 0 Å². The van der Waals surface area contributed by atoms with Gasteiger partial charge in [-0.2, -0.15) is 0 Å². The Morgan fingerprint density at radius 3 is 1.23 bits per heavy atom. The van der Waals surface area contributed by atoms with Crippen LogP contribution in [0.2, 0.25) is 0 Å². The van der Waals surface area contributed by atoms with E-state index in [1.165, 1.54) is 32.1 Å². The first-order chi connectivity index (χ1) is 16.4. The molecular formula is C28H49O6S+. The molecule has 0 aliphatic heterocycles. The molecule has 0 heterocycles. The summed E-state index contributed by atoms with van der Waals surface area (Å²) in [6.45, 7) is 11.2. The monoisotopic (exact) mass is 513 g/mol. The van der Waals surface area contributed by atoms with Crippen molar-refractivity contribution in [3.05, 3.63) is 0 Å². The van der Waals surface area contributed by atoms with Gasteiger partial charge in [-0.3, -0.25) is 0 Å². The van der Waals surface area contributed by atoms with E-state index in [-0.39, 0.29) is 12.2 Å². The van der Waals surface area contributed by atoms with Crippen molar-refractivity contribution in [2.24, 2.45) is 0 Å². The van der Waals surface area contributed by atoms with Gasteiger partial charge < -0.3 is 18.9 Å². The second kappa shape index (κ2) is 12.4. The molecule has 7 heteroatoms. The number of hydrogen-bond acceptors (Lipinski definition) is 6. The molecule has 3 fully saturated rings. The van der Waals surface area contributed by atoms with Gasteiger partial charge in [-0.25, -0.2) is 9.59 Å². The lowest BCUT2D eigenvalue weighted by Crippen LogP contribution is -2.46. The van der Waals surface area contributed by atoms with Crippen molar-refractivity contribution >= 4 is 23.2 Å². The van der Waals surface area contributed by atoms with Crippen LogP contribution in [0, 0.1) is 0 Å². The van der Waals surface area contributed by atoms with Gasteiger partial charge in [0.15, 0.2) is 0 Å². The molecule has 0 N–H and O–H groups in total. The maximum Gasteiger partial charge on any atom is 0.509 e. The zero-order valence-corrected chi connectivity index (χ0v) is 23.8. The van der Waals surface area contributed by atoms with E-state index in [0.29, 0.717) is 10.9 Å². The van der Waals surface area contributed by atoms with Crippen LogP contribution in [-0.2, 0) is 29.8 Å². The van der Waals surface area contributed by atoms with Crippen LogP contribution < -0.4 is 0 Å². The van der Waals surface area contributed by atoms with Crippen LogP contribution in [0.5, 0.6) is 0 Å². The van der Waals surface area contributed by atoms with Crippen molar-refractivity contribution in [2.75, 3.05) is 0 Å². The Bertz CT molecular complexity index is 625. The number of ether oxygens (including phenoxy) is 4. The summed E-state index contributed by atoms with van der Waals surface area (Å²) in [4.78, 5) is 24.3. The van der Waals surface area contributed by atoms with Gasteiger partial charge in [0.05, 0.1) is 0 Å². The summed E-state index contributed by atoms with van der Waals surface area (Å²) < 4.78 is 22.0. The molecule has 0 aromatic carbocycles. The first kappa shape index (κ1) is 28.5. The number of carbonyl (C=O) groups excluding carboxylic acids is 2. The lowest BCUT2D eigenvalue weighted by Gasteiger charge is -2.38. The van der Waals surface area contributed by atoms with Crippen LogP contribution in [0.4, 0.5) is 9.59 Å². The van der Waals surface area contributed by atoms with E-state index < -0.39 is 23.5 Å². The van der Waals surface area contributed by atoms with Crippen molar-refractivity contribution < 1.29 is 28.5 Å². The molecule has 0 saturated heterocycles. The van der Waals surface area contributed by atoms with Gasteiger partial charge in [-0.05, 0) is 129 Å². The molecule has 0 aromatic rings. The molecule has 3 saturated carbocycles. The maximum atomic E-state index is 12.1. The molecule has 0 radical (unpaired) electrons. The quantitative estimate of drug-likeness (QED) is 0.281. The van der Waals surface area contributed by atoms with Crippen molar-refractivity contribution in [1.82, 2.24) is 0 Å². The van der Waals surface area contributed by atoms with E-state index in [1.807, 2.05) is 41.5 Å². The first-order valence-corrected chi connectivity index (χ1v) is 15.3. The van der Waals surface area contributed by atoms with Crippen LogP contribution in [0.1, 0.15) is 125 Å². The highest BCUT2D eigenvalue weighted by Gasteiger charge is 2.47. The molecule has 35 heavy (non-hydrogen) atoms. The third kappa shape index (κ3) is 9.70. The molecule has 0 spiro atoms. The molecule has 202 valence electrons. The largest absolute Gasteiger partial charge is 0.509 e. The van der Waals surface area contributed by atoms with Gasteiger partial charge >= 0.3 is 12.3 Å². The van der Waals surface area contributed by atoms with E-state index in [0.717, 1.165) is 67.1 Å². The minimum absolute atomic E-state index is 0.0177. The van der Waals surface area contributed by atoms with Gasteiger partial charge in [0, 0.05) is 0 Å². The van der Waals surface area contributed by atoms with Gasteiger partial charge in [0.1, 0.15) is 39.2 Å². The van der Waals surface area contributed by atoms with E-state index in [4.69, 9.17) is 18.9 Å². The SMILES string of the molecule is CC(C)(C)OC(=O)OC1CCC([S+](C2CCCCC2)C2CCC(OC(=O)OC(C)(C)C)CC2)CC1. The van der Waals surface area contributed by atoms with Crippen molar-refractivity contribution in [3.63, 3.8) is 0 Å². The zero-order valence-electron chi connectivity index (χ0n) is 22.9. The summed E-state index contributed by atoms with van der Waals surface area (Å²) in [5.74, 6) is 0. The number of hydrogen-bond donors (Lipinski definition) is 0. The average Bonchev–Trinajstić information content (AvgIpc) is 2.74. The third-order valence-electron chi connectivity index (χ3n) is 7.25. The van der Waals surface area contributed by atoms with E-state index in [2.05, 4.69) is 0 Å². The zero-order chi connectivity index (χ0) is 25.6. The van der Waals surface area contributed by atoms with Crippen LogP contribution in [0.15, 0.2) is 0 Å². The smallest absolute Gasteiger partial charge is 0.431 e. The highest BCUT2D eigenvalue weighted by Crippen LogP contribution is 2.41. The second-order valence-corrected chi connectivity index (χ2v) is 15.4. The molecule has 0 bridgehead atoms. The molecule has 3 aliphatic rings. The minimum atomic E-state index is -0.532. The van der Waals surface area contributed by atoms with Crippen LogP contribution >= 0.6 is 0 Å². The molecular weight excluding hydrogens is 464 g/mol. The summed E-state index contributed by atoms with van der Waals surface area (Å²) in [5, 5.41) is 2.29. The molecule has 0 amide bonds. The first-order valence-electron chi connectivity index (χ1n) is 13.9. The molecule has 0 aromatic heterocycles. The molecule has 3 rings (SSSR count). The summed E-state index contributed by atoms with van der Waals surface area (Å²) in [5.41, 5.74) is -1.04. The Hall–Kier alpha value is -1.11. The molecule has 0 atom stereocenters. The lowest BCUT2D eigenvalue weighted by atomic mass is 9.96. The van der Waals surface area contributed by atoms with Gasteiger partial charge in [-0.15, -0.1) is 0 Å². The topological polar surface area (TPSA) is 71.1 Å². The third-order valence-corrected chi connectivity index (χ3v) is 11.0. The fraction of sp³-hybridized carbons (Fsp3) is 0.929. The second-order valence-electron chi connectivity index (χ2n) is 12.6. The molecule has 3 aliphatic carbocycles. The Kier molecular flexibility index (Phi) is 10.1. The maximum absolute atomic E-state index is 12.1.